The normalized spacial score (nSPS) is 9.41. The van der Waals surface area contributed by atoms with E-state index in [9.17, 15) is 4.79 Å². The molecular weight excluding hydrogens is 372 g/mol. The van der Waals surface area contributed by atoms with E-state index in [0.29, 0.717) is 31.8 Å². The molecule has 6 heteroatoms. The molecule has 0 bridgehead atoms. The van der Waals surface area contributed by atoms with E-state index in [-0.39, 0.29) is 14.0 Å². The highest BCUT2D eigenvalue weighted by atomic mass is 16.5. The van der Waals surface area contributed by atoms with Gasteiger partial charge in [-0.25, -0.2) is 0 Å². The Morgan fingerprint density at radius 2 is 1.34 bits per heavy atom. The predicted octanol–water partition coefficient (Wildman–Crippen LogP) is 4.37. The van der Waals surface area contributed by atoms with Crippen molar-refractivity contribution >= 4 is 6.29 Å². The minimum absolute atomic E-state index is 0. The van der Waals surface area contributed by atoms with Gasteiger partial charge >= 0.3 is 0 Å². The second kappa shape index (κ2) is 15.2. The van der Waals surface area contributed by atoms with Crippen molar-refractivity contribution in [3.63, 3.8) is 0 Å². The summed E-state index contributed by atoms with van der Waals surface area (Å²) in [5.74, 6) is 2.93. The van der Waals surface area contributed by atoms with E-state index >= 15 is 0 Å². The Morgan fingerprint density at radius 1 is 0.862 bits per heavy atom. The average molecular weight is 407 g/mol. The number of carbonyl (C=O) groups is 1. The average Bonchev–Trinajstić information content (AvgIpc) is 2.71. The van der Waals surface area contributed by atoms with E-state index < -0.39 is 0 Å². The number of aliphatic hydroxyl groups is 1. The molecule has 0 amide bonds. The van der Waals surface area contributed by atoms with Crippen molar-refractivity contribution in [2.45, 2.75) is 34.1 Å². The maximum Gasteiger partial charge on any atom is 0.164 e. The van der Waals surface area contributed by atoms with Crippen LogP contribution in [0.2, 0.25) is 0 Å². The minimum atomic E-state index is 0. The fourth-order valence-corrected chi connectivity index (χ4v) is 2.39. The van der Waals surface area contributed by atoms with Crippen LogP contribution in [0.3, 0.4) is 0 Å². The number of carbonyl (C=O) groups excluding carboxylic acids is 1. The third kappa shape index (κ3) is 8.87. The summed E-state index contributed by atoms with van der Waals surface area (Å²) in [6.45, 7) is 4.96. The number of hydrogen-bond acceptors (Lipinski definition) is 6. The highest BCUT2D eigenvalue weighted by Gasteiger charge is 2.07. The van der Waals surface area contributed by atoms with Gasteiger partial charge in [0.2, 0.25) is 0 Å². The Labute approximate surface area is 174 Å². The molecule has 0 unspecified atom stereocenters. The monoisotopic (exact) mass is 406 g/mol. The second-order valence-electron chi connectivity index (χ2n) is 5.94. The molecule has 162 valence electrons. The fourth-order valence-electron chi connectivity index (χ4n) is 2.39. The molecule has 0 aromatic heterocycles. The van der Waals surface area contributed by atoms with Gasteiger partial charge in [-0.2, -0.15) is 0 Å². The van der Waals surface area contributed by atoms with Crippen LogP contribution in [0.15, 0.2) is 36.4 Å². The van der Waals surface area contributed by atoms with Gasteiger partial charge < -0.3 is 28.8 Å². The lowest BCUT2D eigenvalue weighted by Crippen LogP contribution is -2.02. The molecule has 0 aliphatic rings. The maximum absolute atomic E-state index is 10.1. The standard InChI is InChI=1S/C11H16O3.C11H14O3.CH4/c2*1-9-5-3-6-10(13-2)11(9)14-8-4-7-12;/h3,5-6,12H,4,7-8H2,1-2H3;3,5-7H,4,8H2,1-2H3;1H4. The van der Waals surface area contributed by atoms with E-state index in [0.717, 1.165) is 34.7 Å². The van der Waals surface area contributed by atoms with E-state index in [1.165, 1.54) is 0 Å². The Hall–Kier alpha value is -2.73. The van der Waals surface area contributed by atoms with Crippen LogP contribution in [-0.2, 0) is 4.79 Å². The third-order valence-electron chi connectivity index (χ3n) is 3.82. The number of ether oxygens (including phenoxy) is 4. The SMILES string of the molecule is C.COc1cccc(C)c1OCCC=O.COc1cccc(C)c1OCCCO. The number of aliphatic hydroxyl groups excluding tert-OH is 1. The van der Waals surface area contributed by atoms with Crippen molar-refractivity contribution in [1.29, 1.82) is 0 Å². The number of methoxy groups -OCH3 is 2. The van der Waals surface area contributed by atoms with Gasteiger partial charge in [-0.1, -0.05) is 31.7 Å². The van der Waals surface area contributed by atoms with Crippen LogP contribution in [0.5, 0.6) is 23.0 Å². The summed E-state index contributed by atoms with van der Waals surface area (Å²) in [5, 5.41) is 8.63. The van der Waals surface area contributed by atoms with Gasteiger partial charge in [-0.15, -0.1) is 0 Å². The summed E-state index contributed by atoms with van der Waals surface area (Å²) in [6.07, 6.45) is 1.87. The molecule has 0 atom stereocenters. The largest absolute Gasteiger partial charge is 0.493 e. The second-order valence-corrected chi connectivity index (χ2v) is 5.94. The first-order valence-corrected chi connectivity index (χ1v) is 9.16. The van der Waals surface area contributed by atoms with Crippen LogP contribution >= 0.6 is 0 Å². The van der Waals surface area contributed by atoms with Crippen LogP contribution in [0, 0.1) is 13.8 Å². The van der Waals surface area contributed by atoms with Crippen molar-refractivity contribution in [2.24, 2.45) is 0 Å². The maximum atomic E-state index is 10.1. The first-order chi connectivity index (χ1) is 13.6. The molecule has 2 rings (SSSR count). The van der Waals surface area contributed by atoms with E-state index in [4.69, 9.17) is 24.1 Å². The van der Waals surface area contributed by atoms with E-state index in [1.54, 1.807) is 14.2 Å². The van der Waals surface area contributed by atoms with Gasteiger partial charge in [0, 0.05) is 19.4 Å². The molecule has 2 aromatic carbocycles. The molecule has 0 heterocycles. The van der Waals surface area contributed by atoms with Crippen molar-refractivity contribution < 1.29 is 28.8 Å². The molecule has 1 N–H and O–H groups in total. The van der Waals surface area contributed by atoms with Crippen LogP contribution in [0.1, 0.15) is 31.4 Å². The number of rotatable bonds is 10. The fraction of sp³-hybridized carbons (Fsp3) is 0.435. The molecule has 0 saturated carbocycles. The summed E-state index contributed by atoms with van der Waals surface area (Å²) in [6, 6.07) is 11.4. The Kier molecular flexibility index (Phi) is 13.8. The van der Waals surface area contributed by atoms with Crippen LogP contribution in [-0.4, -0.2) is 45.4 Å². The van der Waals surface area contributed by atoms with Crippen LogP contribution in [0.25, 0.3) is 0 Å². The molecule has 2 aromatic rings. The molecular formula is C23H34O6. The van der Waals surface area contributed by atoms with Gasteiger partial charge in [0.15, 0.2) is 23.0 Å². The van der Waals surface area contributed by atoms with Crippen molar-refractivity contribution in [3.05, 3.63) is 47.5 Å². The summed E-state index contributed by atoms with van der Waals surface area (Å²) < 4.78 is 21.3. The molecule has 0 aliphatic heterocycles. The topological polar surface area (TPSA) is 74.2 Å². The highest BCUT2D eigenvalue weighted by Crippen LogP contribution is 2.31. The Balaban J connectivity index is 0.000000523. The third-order valence-corrected chi connectivity index (χ3v) is 3.82. The first-order valence-electron chi connectivity index (χ1n) is 9.16. The number of para-hydroxylation sites is 2. The number of hydrogen-bond donors (Lipinski definition) is 1. The number of aryl methyl sites for hydroxylation is 2. The summed E-state index contributed by atoms with van der Waals surface area (Å²) in [7, 11) is 3.22. The summed E-state index contributed by atoms with van der Waals surface area (Å²) >= 11 is 0. The lowest BCUT2D eigenvalue weighted by atomic mass is 10.2. The minimum Gasteiger partial charge on any atom is -0.493 e. The highest BCUT2D eigenvalue weighted by molar-refractivity contribution is 5.50. The lowest BCUT2D eigenvalue weighted by Gasteiger charge is -2.12. The Bertz CT molecular complexity index is 715. The molecule has 29 heavy (non-hydrogen) atoms. The van der Waals surface area contributed by atoms with Crippen molar-refractivity contribution in [2.75, 3.05) is 34.0 Å². The van der Waals surface area contributed by atoms with Crippen LogP contribution in [0.4, 0.5) is 0 Å². The molecule has 0 spiro atoms. The zero-order valence-electron chi connectivity index (χ0n) is 17.1. The van der Waals surface area contributed by atoms with Crippen molar-refractivity contribution in [3.8, 4) is 23.0 Å². The van der Waals surface area contributed by atoms with Gasteiger partial charge in [-0.3, -0.25) is 0 Å². The first kappa shape index (κ1) is 26.3. The van der Waals surface area contributed by atoms with Gasteiger partial charge in [0.05, 0.1) is 27.4 Å². The Morgan fingerprint density at radius 3 is 1.76 bits per heavy atom. The predicted molar refractivity (Wildman–Crippen MR) is 116 cm³/mol. The zero-order chi connectivity index (χ0) is 20.8. The lowest BCUT2D eigenvalue weighted by molar-refractivity contribution is -0.108. The smallest absolute Gasteiger partial charge is 0.164 e. The number of benzene rings is 2. The van der Waals surface area contributed by atoms with Gasteiger partial charge in [0.25, 0.3) is 0 Å². The van der Waals surface area contributed by atoms with Gasteiger partial charge in [0.1, 0.15) is 6.29 Å². The molecule has 0 aliphatic carbocycles. The quantitative estimate of drug-likeness (QED) is 0.466. The van der Waals surface area contributed by atoms with Gasteiger partial charge in [-0.05, 0) is 37.1 Å². The van der Waals surface area contributed by atoms with E-state index in [2.05, 4.69) is 0 Å². The van der Waals surface area contributed by atoms with E-state index in [1.807, 2.05) is 50.2 Å². The molecule has 0 radical (unpaired) electrons. The summed E-state index contributed by atoms with van der Waals surface area (Å²) in [5.41, 5.74) is 2.05. The molecule has 0 fully saturated rings. The van der Waals surface area contributed by atoms with Crippen molar-refractivity contribution in [1.82, 2.24) is 0 Å². The summed E-state index contributed by atoms with van der Waals surface area (Å²) in [4.78, 5) is 10.1. The van der Waals surface area contributed by atoms with Crippen LogP contribution < -0.4 is 18.9 Å². The molecule has 6 nitrogen and oxygen atoms in total. The number of aldehydes is 1. The zero-order valence-corrected chi connectivity index (χ0v) is 17.1. The molecule has 0 saturated heterocycles.